The van der Waals surface area contributed by atoms with Gasteiger partial charge >= 0.3 is 12.1 Å². The third kappa shape index (κ3) is 4.09. The molecule has 162 valence electrons. The van der Waals surface area contributed by atoms with Gasteiger partial charge in [-0.15, -0.1) is 11.6 Å². The number of nitriles is 1. The van der Waals surface area contributed by atoms with E-state index < -0.39 is 35.0 Å². The number of carbonyl (C=O) groups is 1. The lowest BCUT2D eigenvalue weighted by atomic mass is 9.93. The molecular weight excluding hydrogens is 431 g/mol. The van der Waals surface area contributed by atoms with Gasteiger partial charge in [0.25, 0.3) is 0 Å². The van der Waals surface area contributed by atoms with Crippen molar-refractivity contribution in [3.8, 4) is 17.6 Å². The van der Waals surface area contributed by atoms with Gasteiger partial charge in [0.15, 0.2) is 0 Å². The number of para-hydroxylation sites is 1. The second-order valence-corrected chi connectivity index (χ2v) is 8.68. The van der Waals surface area contributed by atoms with Crippen molar-refractivity contribution in [2.24, 2.45) is 23.2 Å². The first-order valence-corrected chi connectivity index (χ1v) is 10.2. The Labute approximate surface area is 182 Å². The first-order chi connectivity index (χ1) is 14.7. The van der Waals surface area contributed by atoms with Gasteiger partial charge in [0.05, 0.1) is 5.92 Å². The molecular formula is C23H19ClF3NO3. The quantitative estimate of drug-likeness (QED) is 0.382. The number of carbonyl (C=O) groups excluding carboxylic acids is 1. The van der Waals surface area contributed by atoms with Gasteiger partial charge in [-0.3, -0.25) is 4.79 Å². The zero-order valence-electron chi connectivity index (χ0n) is 16.5. The largest absolute Gasteiger partial charge is 0.457 e. The van der Waals surface area contributed by atoms with Crippen LogP contribution in [-0.4, -0.2) is 17.5 Å². The van der Waals surface area contributed by atoms with Gasteiger partial charge in [-0.1, -0.05) is 37.3 Å². The molecule has 2 fully saturated rings. The summed E-state index contributed by atoms with van der Waals surface area (Å²) >= 11 is 5.43. The summed E-state index contributed by atoms with van der Waals surface area (Å²) < 4.78 is 49.1. The fraction of sp³-hybridized carbons (Fsp3) is 0.391. The summed E-state index contributed by atoms with van der Waals surface area (Å²) in [6.07, 6.45) is -5.80. The van der Waals surface area contributed by atoms with Gasteiger partial charge in [0.2, 0.25) is 6.10 Å². The molecule has 0 amide bonds. The van der Waals surface area contributed by atoms with Crippen molar-refractivity contribution < 1.29 is 27.4 Å². The summed E-state index contributed by atoms with van der Waals surface area (Å²) in [7, 11) is 0. The minimum absolute atomic E-state index is 0.171. The second kappa shape index (κ2) is 7.76. The molecule has 2 aliphatic carbocycles. The van der Waals surface area contributed by atoms with Crippen LogP contribution in [0.15, 0.2) is 54.6 Å². The maximum Gasteiger partial charge on any atom is 0.404 e. The maximum absolute atomic E-state index is 12.7. The molecule has 2 aromatic carbocycles. The molecule has 2 saturated carbocycles. The van der Waals surface area contributed by atoms with Crippen LogP contribution in [0.25, 0.3) is 0 Å². The van der Waals surface area contributed by atoms with Crippen LogP contribution < -0.4 is 4.74 Å². The highest BCUT2D eigenvalue weighted by Crippen LogP contribution is 2.85. The summed E-state index contributed by atoms with van der Waals surface area (Å²) in [6.45, 7) is 1.77. The predicted octanol–water partition coefficient (Wildman–Crippen LogP) is 6.03. The molecule has 31 heavy (non-hydrogen) atoms. The molecule has 0 radical (unpaired) electrons. The van der Waals surface area contributed by atoms with Crippen molar-refractivity contribution in [1.29, 1.82) is 5.26 Å². The summed E-state index contributed by atoms with van der Waals surface area (Å²) in [5, 5.41) is 7.58. The van der Waals surface area contributed by atoms with Crippen molar-refractivity contribution in [1.82, 2.24) is 0 Å². The van der Waals surface area contributed by atoms with Gasteiger partial charge in [-0.25, -0.2) is 0 Å². The number of nitrogens with zero attached hydrogens (tertiary/aromatic N) is 1. The molecule has 0 spiro atoms. The van der Waals surface area contributed by atoms with Gasteiger partial charge in [-0.2, -0.15) is 18.4 Å². The van der Waals surface area contributed by atoms with E-state index in [4.69, 9.17) is 21.1 Å². The van der Waals surface area contributed by atoms with Crippen LogP contribution in [0.1, 0.15) is 25.0 Å². The zero-order valence-corrected chi connectivity index (χ0v) is 17.2. The number of fused-ring (bicyclic) bond motifs is 1. The summed E-state index contributed by atoms with van der Waals surface area (Å²) in [5.41, 5.74) is -0.0634. The Morgan fingerprint density at radius 2 is 1.84 bits per heavy atom. The van der Waals surface area contributed by atoms with Crippen LogP contribution >= 0.6 is 11.6 Å². The Morgan fingerprint density at radius 3 is 2.45 bits per heavy atom. The molecule has 4 unspecified atom stereocenters. The lowest BCUT2D eigenvalue weighted by Crippen LogP contribution is -2.28. The number of halogens is 4. The molecule has 2 aliphatic rings. The zero-order chi connectivity index (χ0) is 22.4. The number of benzene rings is 2. The first-order valence-electron chi connectivity index (χ1n) is 9.80. The van der Waals surface area contributed by atoms with Gasteiger partial charge in [0.1, 0.15) is 22.9 Å². The molecule has 0 saturated heterocycles. The van der Waals surface area contributed by atoms with Crippen LogP contribution in [0, 0.1) is 34.5 Å². The van der Waals surface area contributed by atoms with Crippen molar-refractivity contribution in [2.45, 2.75) is 31.0 Å². The summed E-state index contributed by atoms with van der Waals surface area (Å²) in [5.74, 6) is -0.370. The van der Waals surface area contributed by atoms with Crippen molar-refractivity contribution in [3.63, 3.8) is 0 Å². The summed E-state index contributed by atoms with van der Waals surface area (Å²) in [4.78, 5) is 12.5. The van der Waals surface area contributed by atoms with Gasteiger partial charge < -0.3 is 9.47 Å². The molecule has 8 heteroatoms. The average Bonchev–Trinajstić information content (AvgIpc) is 3.55. The number of hydrogen-bond acceptors (Lipinski definition) is 4. The highest BCUT2D eigenvalue weighted by atomic mass is 35.5. The minimum atomic E-state index is -4.46. The van der Waals surface area contributed by atoms with Crippen molar-refractivity contribution >= 4 is 17.6 Å². The van der Waals surface area contributed by atoms with Crippen LogP contribution in [0.4, 0.5) is 13.2 Å². The van der Waals surface area contributed by atoms with Crippen LogP contribution in [0.2, 0.25) is 0 Å². The Morgan fingerprint density at radius 1 is 1.19 bits per heavy atom. The molecule has 6 atom stereocenters. The number of rotatable bonds is 7. The molecule has 0 bridgehead atoms. The van der Waals surface area contributed by atoms with Crippen LogP contribution in [-0.2, 0) is 9.53 Å². The molecule has 4 rings (SSSR count). The van der Waals surface area contributed by atoms with E-state index in [9.17, 15) is 23.2 Å². The smallest absolute Gasteiger partial charge is 0.404 e. The monoisotopic (exact) mass is 449 g/mol. The fourth-order valence-electron chi connectivity index (χ4n) is 4.45. The third-order valence-corrected chi connectivity index (χ3v) is 6.75. The van der Waals surface area contributed by atoms with E-state index in [1.807, 2.05) is 24.3 Å². The van der Waals surface area contributed by atoms with E-state index in [0.717, 1.165) is 0 Å². The molecule has 2 aromatic rings. The van der Waals surface area contributed by atoms with Crippen LogP contribution in [0.5, 0.6) is 11.5 Å². The third-order valence-electron chi connectivity index (χ3n) is 6.32. The van der Waals surface area contributed by atoms with Crippen LogP contribution in [0.3, 0.4) is 0 Å². The molecule has 4 nitrogen and oxygen atoms in total. The van der Waals surface area contributed by atoms with E-state index in [1.165, 1.54) is 0 Å². The average molecular weight is 450 g/mol. The highest BCUT2D eigenvalue weighted by Gasteiger charge is 2.86. The number of esters is 1. The Hall–Kier alpha value is -2.72. The SMILES string of the molecule is C[C@@]12C(CC(Cl)C(F)(F)F)C1[C@@H]2C(=O)OC(C#N)c1cccc(Oc2ccccc2)c1. The first kappa shape index (κ1) is 21.5. The molecule has 0 aromatic heterocycles. The van der Waals surface area contributed by atoms with Gasteiger partial charge in [-0.05, 0) is 47.9 Å². The van der Waals surface area contributed by atoms with E-state index in [0.29, 0.717) is 17.1 Å². The van der Waals surface area contributed by atoms with Crippen molar-refractivity contribution in [3.05, 3.63) is 60.2 Å². The Bertz CT molecular complexity index is 1020. The van der Waals surface area contributed by atoms with E-state index in [1.54, 1.807) is 43.3 Å². The number of hydrogen-bond donors (Lipinski definition) is 0. The van der Waals surface area contributed by atoms with E-state index in [2.05, 4.69) is 0 Å². The number of ether oxygens (including phenoxy) is 2. The van der Waals surface area contributed by atoms with E-state index in [-0.39, 0.29) is 18.3 Å². The van der Waals surface area contributed by atoms with Gasteiger partial charge in [0, 0.05) is 5.56 Å². The minimum Gasteiger partial charge on any atom is -0.457 e. The standard InChI is InChI=1S/C23H19ClF3NO3/c1-22-16(11-18(24)23(25,26)27)19(22)20(22)21(29)31-17(12-28)13-6-5-9-15(10-13)30-14-7-3-2-4-8-14/h2-10,16-20H,11H2,1H3/t16?,17?,18?,19?,20-,22-/m1/s1. The maximum atomic E-state index is 12.7. The molecule has 0 aliphatic heterocycles. The highest BCUT2D eigenvalue weighted by molar-refractivity contribution is 6.21. The lowest BCUT2D eigenvalue weighted by Gasteiger charge is -2.21. The fourth-order valence-corrected chi connectivity index (χ4v) is 4.65. The van der Waals surface area contributed by atoms with Crippen molar-refractivity contribution in [2.75, 3.05) is 0 Å². The number of alkyl halides is 4. The second-order valence-electron chi connectivity index (χ2n) is 8.15. The Kier molecular flexibility index (Phi) is 5.38. The molecule has 0 N–H and O–H groups in total. The summed E-state index contributed by atoms with van der Waals surface area (Å²) in [6, 6.07) is 17.7. The normalized spacial score (nSPS) is 27.9. The lowest BCUT2D eigenvalue weighted by molar-refractivity contribution is -0.151. The topological polar surface area (TPSA) is 59.3 Å². The Balaban J connectivity index is 1.36. The van der Waals surface area contributed by atoms with E-state index >= 15 is 0 Å². The predicted molar refractivity (Wildman–Crippen MR) is 106 cm³/mol. The molecule has 0 heterocycles.